The lowest BCUT2D eigenvalue weighted by molar-refractivity contribution is 0.125. The molecule has 1 aliphatic carbocycles. The van der Waals surface area contributed by atoms with Crippen molar-refractivity contribution in [3.63, 3.8) is 0 Å². The molecule has 0 saturated carbocycles. The van der Waals surface area contributed by atoms with Crippen LogP contribution in [0, 0.1) is 0 Å². The number of benzene rings is 1. The predicted octanol–water partition coefficient (Wildman–Crippen LogP) is 5.63. The van der Waals surface area contributed by atoms with Crippen molar-refractivity contribution in [3.8, 4) is 0 Å². The van der Waals surface area contributed by atoms with Crippen molar-refractivity contribution >= 4 is 23.3 Å². The van der Waals surface area contributed by atoms with Crippen LogP contribution < -0.4 is 0 Å². The maximum Gasteiger partial charge on any atom is 0.0945 e. The third kappa shape index (κ3) is 5.37. The SMILES string of the molecule is CC.CN1CCN(C2c3ccc(Cl)cc3C(CCCn3ccnc3)=Cc3cccnc32)CC1. The Morgan fingerprint density at radius 2 is 1.88 bits per heavy atom. The molecule has 0 bridgehead atoms. The molecule has 0 amide bonds. The highest BCUT2D eigenvalue weighted by Gasteiger charge is 2.32. The lowest BCUT2D eigenvalue weighted by Gasteiger charge is -2.38. The molecule has 3 aromatic rings. The molecule has 3 heterocycles. The molecule has 1 aliphatic heterocycles. The van der Waals surface area contributed by atoms with Crippen molar-refractivity contribution in [3.05, 3.63) is 82.7 Å². The van der Waals surface area contributed by atoms with Gasteiger partial charge in [0.1, 0.15) is 0 Å². The molecular formula is C27H34ClN5. The van der Waals surface area contributed by atoms with Gasteiger partial charge in [-0.2, -0.15) is 0 Å². The number of pyridine rings is 1. The molecule has 1 fully saturated rings. The Morgan fingerprint density at radius 3 is 2.64 bits per heavy atom. The number of fused-ring (bicyclic) bond motifs is 2. The largest absolute Gasteiger partial charge is 0.337 e. The van der Waals surface area contributed by atoms with Gasteiger partial charge in [0.05, 0.1) is 18.1 Å². The maximum atomic E-state index is 6.50. The van der Waals surface area contributed by atoms with E-state index in [-0.39, 0.29) is 6.04 Å². The van der Waals surface area contributed by atoms with Crippen molar-refractivity contribution in [1.29, 1.82) is 0 Å². The van der Waals surface area contributed by atoms with E-state index in [1.807, 2.05) is 50.9 Å². The van der Waals surface area contributed by atoms with Crippen molar-refractivity contribution < 1.29 is 0 Å². The summed E-state index contributed by atoms with van der Waals surface area (Å²) in [6.45, 7) is 9.18. The molecule has 174 valence electrons. The molecule has 0 spiro atoms. The highest BCUT2D eigenvalue weighted by molar-refractivity contribution is 6.30. The van der Waals surface area contributed by atoms with Crippen LogP contribution in [0.1, 0.15) is 55.1 Å². The molecule has 1 saturated heterocycles. The topological polar surface area (TPSA) is 37.2 Å². The number of likely N-dealkylation sites (N-methyl/N-ethyl adjacent to an activating group) is 1. The highest BCUT2D eigenvalue weighted by atomic mass is 35.5. The van der Waals surface area contributed by atoms with Gasteiger partial charge in [0.15, 0.2) is 0 Å². The zero-order valence-electron chi connectivity index (χ0n) is 19.9. The standard InChI is InChI=1S/C25H28ClN5.C2H6/c1-29-12-14-31(15-13-29)25-22-7-6-21(26)17-23(22)19(5-3-10-30-11-9-27-18-30)16-20-4-2-8-28-24(20)25;1-2/h2,4,6-9,11,16-18,25H,3,5,10,12-15H2,1H3;1-2H3. The predicted molar refractivity (Wildman–Crippen MR) is 137 cm³/mol. The molecule has 2 aromatic heterocycles. The van der Waals surface area contributed by atoms with Crippen molar-refractivity contribution in [1.82, 2.24) is 24.3 Å². The third-order valence-electron chi connectivity index (χ3n) is 6.44. The highest BCUT2D eigenvalue weighted by Crippen LogP contribution is 2.41. The summed E-state index contributed by atoms with van der Waals surface area (Å²) in [5, 5.41) is 0.787. The quantitative estimate of drug-likeness (QED) is 0.491. The lowest BCUT2D eigenvalue weighted by Crippen LogP contribution is -2.46. The smallest absolute Gasteiger partial charge is 0.0945 e. The van der Waals surface area contributed by atoms with Crippen LogP contribution in [0.15, 0.2) is 55.2 Å². The van der Waals surface area contributed by atoms with Gasteiger partial charge < -0.3 is 9.47 Å². The summed E-state index contributed by atoms with van der Waals surface area (Å²) < 4.78 is 2.14. The van der Waals surface area contributed by atoms with E-state index < -0.39 is 0 Å². The number of nitrogens with zero attached hydrogens (tertiary/aromatic N) is 5. The Morgan fingerprint density at radius 1 is 1.06 bits per heavy atom. The molecule has 5 nitrogen and oxygen atoms in total. The van der Waals surface area contributed by atoms with E-state index in [0.717, 1.165) is 56.3 Å². The van der Waals surface area contributed by atoms with Crippen molar-refractivity contribution in [2.75, 3.05) is 33.2 Å². The lowest BCUT2D eigenvalue weighted by atomic mass is 9.92. The number of allylic oxidation sites excluding steroid dienone is 1. The monoisotopic (exact) mass is 463 g/mol. The number of aryl methyl sites for hydroxylation is 1. The molecule has 2 aliphatic rings. The van der Waals surface area contributed by atoms with Crippen molar-refractivity contribution in [2.24, 2.45) is 0 Å². The van der Waals surface area contributed by atoms with Crippen LogP contribution in [-0.2, 0) is 6.54 Å². The summed E-state index contributed by atoms with van der Waals surface area (Å²) in [5.74, 6) is 0. The minimum absolute atomic E-state index is 0.152. The van der Waals surface area contributed by atoms with Crippen LogP contribution in [0.3, 0.4) is 0 Å². The van der Waals surface area contributed by atoms with Gasteiger partial charge in [-0.05, 0) is 66.4 Å². The van der Waals surface area contributed by atoms with E-state index in [0.29, 0.717) is 0 Å². The van der Waals surface area contributed by atoms with Gasteiger partial charge in [-0.15, -0.1) is 0 Å². The Balaban J connectivity index is 0.00000126. The third-order valence-corrected chi connectivity index (χ3v) is 6.68. The molecule has 33 heavy (non-hydrogen) atoms. The molecule has 6 heteroatoms. The number of piperazine rings is 1. The van der Waals surface area contributed by atoms with E-state index >= 15 is 0 Å². The average molecular weight is 464 g/mol. The average Bonchev–Trinajstić information content (AvgIpc) is 3.32. The summed E-state index contributed by atoms with van der Waals surface area (Å²) in [4.78, 5) is 14.0. The molecule has 0 radical (unpaired) electrons. The minimum atomic E-state index is 0.152. The van der Waals surface area contributed by atoms with E-state index in [9.17, 15) is 0 Å². The van der Waals surface area contributed by atoms with Gasteiger partial charge in [-0.1, -0.05) is 37.6 Å². The number of halogens is 1. The van der Waals surface area contributed by atoms with Gasteiger partial charge in [0.25, 0.3) is 0 Å². The molecular weight excluding hydrogens is 430 g/mol. The Bertz CT molecular complexity index is 1070. The van der Waals surface area contributed by atoms with Crippen LogP contribution in [0.2, 0.25) is 5.02 Å². The fourth-order valence-electron chi connectivity index (χ4n) is 4.77. The van der Waals surface area contributed by atoms with Gasteiger partial charge in [-0.25, -0.2) is 4.98 Å². The molecule has 1 unspecified atom stereocenters. The number of rotatable bonds is 5. The second kappa shape index (κ2) is 11.1. The number of aromatic nitrogens is 3. The second-order valence-electron chi connectivity index (χ2n) is 8.52. The summed E-state index contributed by atoms with van der Waals surface area (Å²) >= 11 is 6.50. The minimum Gasteiger partial charge on any atom is -0.337 e. The first-order chi connectivity index (χ1) is 16.2. The molecule has 0 N–H and O–H groups in total. The van der Waals surface area contributed by atoms with Crippen molar-refractivity contribution in [2.45, 2.75) is 39.3 Å². The first-order valence-electron chi connectivity index (χ1n) is 12.0. The zero-order valence-corrected chi connectivity index (χ0v) is 20.7. The summed E-state index contributed by atoms with van der Waals surface area (Å²) in [6.07, 6.45) is 12.0. The maximum absolute atomic E-state index is 6.50. The fourth-order valence-corrected chi connectivity index (χ4v) is 4.94. The van der Waals surface area contributed by atoms with Gasteiger partial charge in [-0.3, -0.25) is 9.88 Å². The summed E-state index contributed by atoms with van der Waals surface area (Å²) in [5.41, 5.74) is 6.29. The second-order valence-corrected chi connectivity index (χ2v) is 8.96. The van der Waals surface area contributed by atoms with E-state index in [2.05, 4.69) is 50.7 Å². The summed E-state index contributed by atoms with van der Waals surface area (Å²) in [7, 11) is 2.20. The van der Waals surface area contributed by atoms with E-state index in [4.69, 9.17) is 16.6 Å². The van der Waals surface area contributed by atoms with Gasteiger partial charge in [0.2, 0.25) is 0 Å². The van der Waals surface area contributed by atoms with Crippen LogP contribution in [0.25, 0.3) is 11.6 Å². The molecule has 1 atom stereocenters. The van der Waals surface area contributed by atoms with Gasteiger partial charge in [0, 0.05) is 56.3 Å². The number of hydrogen-bond acceptors (Lipinski definition) is 4. The molecule has 1 aromatic carbocycles. The van der Waals surface area contributed by atoms with Gasteiger partial charge >= 0.3 is 0 Å². The van der Waals surface area contributed by atoms with Crippen LogP contribution >= 0.6 is 11.6 Å². The van der Waals surface area contributed by atoms with E-state index in [1.54, 1.807) is 0 Å². The fraction of sp³-hybridized carbons (Fsp3) is 0.407. The summed E-state index contributed by atoms with van der Waals surface area (Å²) in [6, 6.07) is 10.8. The van der Waals surface area contributed by atoms with E-state index in [1.165, 1.54) is 22.3 Å². The number of imidazole rings is 1. The first kappa shape index (κ1) is 23.7. The Labute approximate surface area is 202 Å². The Kier molecular flexibility index (Phi) is 7.97. The molecule has 5 rings (SSSR count). The van der Waals surface area contributed by atoms with Crippen LogP contribution in [0.5, 0.6) is 0 Å². The normalized spacial score (nSPS) is 18.4. The van der Waals surface area contributed by atoms with Crippen LogP contribution in [0.4, 0.5) is 0 Å². The zero-order chi connectivity index (χ0) is 23.2. The number of hydrogen-bond donors (Lipinski definition) is 0. The van der Waals surface area contributed by atoms with Crippen LogP contribution in [-0.4, -0.2) is 57.6 Å². The first-order valence-corrected chi connectivity index (χ1v) is 12.4. The Hall–Kier alpha value is -2.47.